The van der Waals surface area contributed by atoms with Crippen LogP contribution in [0.4, 0.5) is 17.1 Å². The van der Waals surface area contributed by atoms with Crippen molar-refractivity contribution < 1.29 is 0 Å². The summed E-state index contributed by atoms with van der Waals surface area (Å²) in [6.07, 6.45) is 0. The van der Waals surface area contributed by atoms with Gasteiger partial charge in [0.1, 0.15) is 0 Å². The van der Waals surface area contributed by atoms with E-state index in [2.05, 4.69) is 266 Å². The first-order valence-electron chi connectivity index (χ1n) is 21.7. The lowest BCUT2D eigenvalue weighted by Gasteiger charge is -2.30. The van der Waals surface area contributed by atoms with Crippen molar-refractivity contribution in [2.45, 2.75) is 0 Å². The molecule has 0 saturated heterocycles. The second-order valence-electron chi connectivity index (χ2n) is 16.0. The molecule has 0 atom stereocenters. The lowest BCUT2D eigenvalue weighted by Crippen LogP contribution is -2.12. The Bertz CT molecular complexity index is 3370. The molecule has 0 heterocycles. The number of para-hydroxylation sites is 2. The van der Waals surface area contributed by atoms with Gasteiger partial charge in [0.05, 0.1) is 11.4 Å². The van der Waals surface area contributed by atoms with Crippen LogP contribution in [0.15, 0.2) is 261 Å². The molecule has 0 aliphatic heterocycles. The highest BCUT2D eigenvalue weighted by Crippen LogP contribution is 2.48. The number of fused-ring (bicyclic) bond motifs is 3. The number of nitrogens with zero attached hydrogens (tertiary/aromatic N) is 1. The minimum absolute atomic E-state index is 1.08. The van der Waals surface area contributed by atoms with E-state index in [0.717, 1.165) is 33.8 Å². The summed E-state index contributed by atoms with van der Waals surface area (Å²) >= 11 is 0. The number of rotatable bonds is 9. The molecule has 0 amide bonds. The maximum Gasteiger partial charge on any atom is 0.0540 e. The Morgan fingerprint density at radius 3 is 1.25 bits per heavy atom. The summed E-state index contributed by atoms with van der Waals surface area (Å²) in [5.74, 6) is 0. The summed E-state index contributed by atoms with van der Waals surface area (Å²) in [6, 6.07) is 94.7. The molecule has 0 bridgehead atoms. The minimum Gasteiger partial charge on any atom is -0.309 e. The van der Waals surface area contributed by atoms with Crippen LogP contribution in [0.5, 0.6) is 0 Å². The molecule has 0 aromatic heterocycles. The van der Waals surface area contributed by atoms with Crippen molar-refractivity contribution in [2.24, 2.45) is 0 Å². The SMILES string of the molecule is c1ccc(-c2ccc(-c3ccccc3N(c3ccc(-c4cc5ccccc5c5ccccc45)cc3)c3ccccc3-c3ccccc3-c3ccccc3-c3ccccc3)cc2)cc1. The van der Waals surface area contributed by atoms with E-state index in [9.17, 15) is 0 Å². The summed E-state index contributed by atoms with van der Waals surface area (Å²) in [7, 11) is 0. The molecule has 0 unspecified atom stereocenters. The quantitative estimate of drug-likeness (QED) is 0.131. The number of hydrogen-bond acceptors (Lipinski definition) is 1. The highest BCUT2D eigenvalue weighted by Gasteiger charge is 2.23. The third-order valence-electron chi connectivity index (χ3n) is 12.3. The molecule has 0 radical (unpaired) electrons. The van der Waals surface area contributed by atoms with E-state index in [1.165, 1.54) is 71.6 Å². The van der Waals surface area contributed by atoms with E-state index in [4.69, 9.17) is 0 Å². The minimum atomic E-state index is 1.08. The Morgan fingerprint density at radius 2 is 0.587 bits per heavy atom. The molecule has 11 rings (SSSR count). The van der Waals surface area contributed by atoms with Crippen LogP contribution in [0.1, 0.15) is 0 Å². The van der Waals surface area contributed by atoms with Gasteiger partial charge in [-0.1, -0.05) is 231 Å². The fourth-order valence-corrected chi connectivity index (χ4v) is 9.31. The largest absolute Gasteiger partial charge is 0.309 e. The van der Waals surface area contributed by atoms with E-state index in [1.54, 1.807) is 0 Å². The predicted molar refractivity (Wildman–Crippen MR) is 269 cm³/mol. The lowest BCUT2D eigenvalue weighted by atomic mass is 9.88. The summed E-state index contributed by atoms with van der Waals surface area (Å²) in [6.45, 7) is 0. The molecule has 0 spiro atoms. The molecule has 0 aliphatic carbocycles. The van der Waals surface area contributed by atoms with Crippen molar-refractivity contribution in [3.63, 3.8) is 0 Å². The van der Waals surface area contributed by atoms with E-state index < -0.39 is 0 Å². The van der Waals surface area contributed by atoms with Gasteiger partial charge in [-0.3, -0.25) is 0 Å². The molecule has 0 aliphatic rings. The smallest absolute Gasteiger partial charge is 0.0540 e. The fourth-order valence-electron chi connectivity index (χ4n) is 9.31. The van der Waals surface area contributed by atoms with Crippen molar-refractivity contribution in [1.82, 2.24) is 0 Å². The third-order valence-corrected chi connectivity index (χ3v) is 12.3. The van der Waals surface area contributed by atoms with Gasteiger partial charge in [-0.05, 0) is 108 Å². The average molecular weight is 802 g/mol. The predicted octanol–water partition coefficient (Wildman–Crippen LogP) is 17.5. The second kappa shape index (κ2) is 16.7. The molecule has 1 nitrogen and oxygen atoms in total. The molecule has 11 aromatic rings. The molecule has 1 heteroatoms. The molecular weight excluding hydrogens is 759 g/mol. The van der Waals surface area contributed by atoms with Gasteiger partial charge in [-0.15, -0.1) is 0 Å². The van der Waals surface area contributed by atoms with Crippen molar-refractivity contribution in [2.75, 3.05) is 4.90 Å². The van der Waals surface area contributed by atoms with E-state index in [-0.39, 0.29) is 0 Å². The zero-order chi connectivity index (χ0) is 42.0. The van der Waals surface area contributed by atoms with Gasteiger partial charge >= 0.3 is 0 Å². The van der Waals surface area contributed by atoms with Crippen molar-refractivity contribution in [3.05, 3.63) is 261 Å². The molecule has 11 aromatic carbocycles. The van der Waals surface area contributed by atoms with Gasteiger partial charge < -0.3 is 4.90 Å². The average Bonchev–Trinajstić information content (AvgIpc) is 3.37. The standard InChI is InChI=1S/C62H43N/c1-3-19-44(20-4-1)45-35-37-47(38-36-45)53-26-15-17-33-61(53)63(50-41-39-48(40-42-50)60-43-49-23-7-8-25-52(49)55-28-11-14-31-58(55)60)62-34-18-16-32-59(62)57-30-13-12-29-56(57)54-27-10-9-24-51(54)46-21-5-2-6-22-46/h1-43H. The Hall–Kier alpha value is -8.26. The molecule has 63 heavy (non-hydrogen) atoms. The van der Waals surface area contributed by atoms with Crippen LogP contribution in [0.2, 0.25) is 0 Å². The molecule has 0 N–H and O–H groups in total. The zero-order valence-corrected chi connectivity index (χ0v) is 34.8. The highest BCUT2D eigenvalue weighted by atomic mass is 15.1. The molecular formula is C62H43N. The maximum absolute atomic E-state index is 2.46. The van der Waals surface area contributed by atoms with Crippen molar-refractivity contribution in [3.8, 4) is 66.8 Å². The van der Waals surface area contributed by atoms with Crippen LogP contribution >= 0.6 is 0 Å². The number of benzene rings is 11. The summed E-state index contributed by atoms with van der Waals surface area (Å²) in [5.41, 5.74) is 17.5. The maximum atomic E-state index is 2.46. The summed E-state index contributed by atoms with van der Waals surface area (Å²) < 4.78 is 0. The van der Waals surface area contributed by atoms with Crippen LogP contribution in [-0.4, -0.2) is 0 Å². The Balaban J connectivity index is 1.10. The van der Waals surface area contributed by atoms with Crippen LogP contribution in [0.3, 0.4) is 0 Å². The van der Waals surface area contributed by atoms with Gasteiger partial charge in [-0.25, -0.2) is 0 Å². The Morgan fingerprint density at radius 1 is 0.206 bits per heavy atom. The first kappa shape index (κ1) is 37.7. The lowest BCUT2D eigenvalue weighted by molar-refractivity contribution is 1.28. The third kappa shape index (κ3) is 7.16. The van der Waals surface area contributed by atoms with Crippen LogP contribution in [0.25, 0.3) is 88.3 Å². The van der Waals surface area contributed by atoms with Gasteiger partial charge in [0, 0.05) is 16.8 Å². The first-order valence-corrected chi connectivity index (χ1v) is 21.7. The van der Waals surface area contributed by atoms with Crippen molar-refractivity contribution in [1.29, 1.82) is 0 Å². The normalized spacial score (nSPS) is 11.2. The molecule has 0 saturated carbocycles. The van der Waals surface area contributed by atoms with Gasteiger partial charge in [0.25, 0.3) is 0 Å². The highest BCUT2D eigenvalue weighted by molar-refractivity contribution is 6.14. The summed E-state index contributed by atoms with van der Waals surface area (Å²) in [5, 5.41) is 5.04. The molecule has 296 valence electrons. The van der Waals surface area contributed by atoms with Gasteiger partial charge in [0.15, 0.2) is 0 Å². The van der Waals surface area contributed by atoms with E-state index in [0.29, 0.717) is 0 Å². The van der Waals surface area contributed by atoms with E-state index >= 15 is 0 Å². The Kier molecular flexibility index (Phi) is 9.97. The molecule has 0 fully saturated rings. The topological polar surface area (TPSA) is 3.24 Å². The van der Waals surface area contributed by atoms with Gasteiger partial charge in [0.2, 0.25) is 0 Å². The van der Waals surface area contributed by atoms with Crippen LogP contribution in [0, 0.1) is 0 Å². The van der Waals surface area contributed by atoms with E-state index in [1.807, 2.05) is 0 Å². The first-order chi connectivity index (χ1) is 31.3. The van der Waals surface area contributed by atoms with Crippen LogP contribution < -0.4 is 4.90 Å². The Labute approximate surface area is 369 Å². The number of hydrogen-bond donors (Lipinski definition) is 0. The second-order valence-corrected chi connectivity index (χ2v) is 16.0. The van der Waals surface area contributed by atoms with Crippen LogP contribution in [-0.2, 0) is 0 Å². The van der Waals surface area contributed by atoms with Crippen molar-refractivity contribution >= 4 is 38.6 Å². The summed E-state index contributed by atoms with van der Waals surface area (Å²) in [4.78, 5) is 2.46. The number of anilines is 3. The van der Waals surface area contributed by atoms with Gasteiger partial charge in [-0.2, -0.15) is 0 Å². The zero-order valence-electron chi connectivity index (χ0n) is 34.8. The monoisotopic (exact) mass is 801 g/mol. The fraction of sp³-hybridized carbons (Fsp3) is 0.